The van der Waals surface area contributed by atoms with Gasteiger partial charge in [-0.05, 0) is 37.1 Å². The van der Waals surface area contributed by atoms with E-state index in [0.717, 1.165) is 16.7 Å². The molecule has 0 aliphatic carbocycles. The van der Waals surface area contributed by atoms with Gasteiger partial charge in [0, 0.05) is 16.7 Å². The van der Waals surface area contributed by atoms with Crippen molar-refractivity contribution >= 4 is 12.4 Å². The van der Waals surface area contributed by atoms with Gasteiger partial charge in [-0.15, -0.1) is 12.4 Å². The Bertz CT molecular complexity index is 690. The van der Waals surface area contributed by atoms with Crippen LogP contribution in [0, 0.1) is 0 Å². The highest BCUT2D eigenvalue weighted by atomic mass is 35.5. The van der Waals surface area contributed by atoms with Gasteiger partial charge in [0.25, 0.3) is 0 Å². The van der Waals surface area contributed by atoms with Gasteiger partial charge in [-0.25, -0.2) is 0 Å². The third kappa shape index (κ3) is 4.95. The van der Waals surface area contributed by atoms with E-state index in [1.165, 1.54) is 0 Å². The molecule has 1 aromatic carbocycles. The van der Waals surface area contributed by atoms with E-state index in [9.17, 15) is 5.11 Å². The minimum Gasteiger partial charge on any atom is -0.507 e. The minimum absolute atomic E-state index is 0. The number of halogens is 1. The molecule has 0 aliphatic rings. The standard InChI is InChI=1S/C19H29N3O2.ClH/c1-18(2,3)13-9-12(10-14(16(13)23)19(4,5)6)17-20-15(24-21-17)11-22(7)8;/h9-10,23H,11H2,1-8H3;1H. The molecule has 0 fully saturated rings. The molecule has 2 rings (SSSR count). The maximum atomic E-state index is 10.8. The largest absolute Gasteiger partial charge is 0.507 e. The van der Waals surface area contributed by atoms with Crippen LogP contribution in [-0.4, -0.2) is 34.2 Å². The highest BCUT2D eigenvalue weighted by molar-refractivity contribution is 5.85. The lowest BCUT2D eigenvalue weighted by molar-refractivity contribution is 0.303. The van der Waals surface area contributed by atoms with E-state index >= 15 is 0 Å². The van der Waals surface area contributed by atoms with Crippen LogP contribution in [0.15, 0.2) is 16.7 Å². The Morgan fingerprint density at radius 2 is 1.48 bits per heavy atom. The van der Waals surface area contributed by atoms with Gasteiger partial charge in [-0.2, -0.15) is 4.98 Å². The molecule has 1 heterocycles. The molecule has 1 aromatic heterocycles. The Morgan fingerprint density at radius 1 is 1.00 bits per heavy atom. The summed E-state index contributed by atoms with van der Waals surface area (Å²) in [7, 11) is 3.92. The average Bonchev–Trinajstić information content (AvgIpc) is 2.83. The summed E-state index contributed by atoms with van der Waals surface area (Å²) in [6, 6.07) is 3.93. The second-order valence-electron chi connectivity index (χ2n) is 8.67. The van der Waals surface area contributed by atoms with Gasteiger partial charge in [0.2, 0.25) is 11.7 Å². The summed E-state index contributed by atoms with van der Waals surface area (Å²) in [5.41, 5.74) is 2.29. The molecule has 6 heteroatoms. The Kier molecular flexibility index (Phi) is 6.30. The van der Waals surface area contributed by atoms with Gasteiger partial charge >= 0.3 is 0 Å². The van der Waals surface area contributed by atoms with Crippen LogP contribution >= 0.6 is 12.4 Å². The third-order valence-corrected chi connectivity index (χ3v) is 3.90. The molecule has 0 amide bonds. The number of aromatic hydroxyl groups is 1. The summed E-state index contributed by atoms with van der Waals surface area (Å²) >= 11 is 0. The van der Waals surface area contributed by atoms with E-state index < -0.39 is 0 Å². The molecule has 0 saturated heterocycles. The molecule has 0 saturated carbocycles. The van der Waals surface area contributed by atoms with Crippen molar-refractivity contribution in [3.05, 3.63) is 29.2 Å². The molecule has 0 atom stereocenters. The lowest BCUT2D eigenvalue weighted by atomic mass is 9.78. The minimum atomic E-state index is -0.184. The highest BCUT2D eigenvalue weighted by Crippen LogP contribution is 2.41. The summed E-state index contributed by atoms with van der Waals surface area (Å²) < 4.78 is 5.35. The van der Waals surface area contributed by atoms with Gasteiger partial charge in [0.05, 0.1) is 6.54 Å². The molecule has 140 valence electrons. The quantitative estimate of drug-likeness (QED) is 0.864. The number of aromatic nitrogens is 2. The summed E-state index contributed by atoms with van der Waals surface area (Å²) in [6.07, 6.45) is 0. The van der Waals surface area contributed by atoms with Crippen LogP contribution in [0.3, 0.4) is 0 Å². The molecular weight excluding hydrogens is 338 g/mol. The number of phenolic OH excluding ortho intramolecular Hbond substituents is 1. The van der Waals surface area contributed by atoms with E-state index in [4.69, 9.17) is 4.52 Å². The van der Waals surface area contributed by atoms with Crippen LogP contribution < -0.4 is 0 Å². The summed E-state index contributed by atoms with van der Waals surface area (Å²) in [4.78, 5) is 6.48. The van der Waals surface area contributed by atoms with Crippen LogP contribution in [-0.2, 0) is 17.4 Å². The lowest BCUT2D eigenvalue weighted by Gasteiger charge is -2.27. The zero-order valence-corrected chi connectivity index (χ0v) is 17.3. The summed E-state index contributed by atoms with van der Waals surface area (Å²) in [5.74, 6) is 1.50. The van der Waals surface area contributed by atoms with Crippen LogP contribution in [0.2, 0.25) is 0 Å². The maximum absolute atomic E-state index is 10.8. The van der Waals surface area contributed by atoms with Crippen molar-refractivity contribution < 1.29 is 9.63 Å². The molecule has 0 radical (unpaired) electrons. The predicted octanol–water partition coefficient (Wildman–Crippen LogP) is 4.52. The molecule has 0 bridgehead atoms. The normalized spacial score (nSPS) is 12.4. The highest BCUT2D eigenvalue weighted by Gasteiger charge is 2.27. The summed E-state index contributed by atoms with van der Waals surface area (Å²) in [5, 5.41) is 14.9. The molecular formula is C19H30ClN3O2. The topological polar surface area (TPSA) is 62.4 Å². The summed E-state index contributed by atoms with van der Waals surface area (Å²) in [6.45, 7) is 13.1. The van der Waals surface area contributed by atoms with Gasteiger partial charge in [-0.3, -0.25) is 0 Å². The second-order valence-corrected chi connectivity index (χ2v) is 8.67. The van der Waals surface area contributed by atoms with Crippen molar-refractivity contribution in [3.8, 4) is 17.1 Å². The molecule has 0 aliphatic heterocycles. The number of rotatable bonds is 3. The smallest absolute Gasteiger partial charge is 0.241 e. The van der Waals surface area contributed by atoms with Crippen molar-refractivity contribution in [3.63, 3.8) is 0 Å². The third-order valence-electron chi connectivity index (χ3n) is 3.90. The number of phenols is 1. The van der Waals surface area contributed by atoms with Gasteiger partial charge < -0.3 is 14.5 Å². The Hall–Kier alpha value is -1.59. The number of benzene rings is 1. The molecule has 5 nitrogen and oxygen atoms in total. The first-order valence-corrected chi connectivity index (χ1v) is 8.25. The first kappa shape index (κ1) is 21.5. The molecule has 1 N–H and O–H groups in total. The number of hydrogen-bond acceptors (Lipinski definition) is 5. The van der Waals surface area contributed by atoms with Gasteiger partial charge in [-0.1, -0.05) is 46.7 Å². The first-order valence-electron chi connectivity index (χ1n) is 8.25. The van der Waals surface area contributed by atoms with E-state index in [-0.39, 0.29) is 23.2 Å². The maximum Gasteiger partial charge on any atom is 0.241 e. The van der Waals surface area contributed by atoms with Crippen molar-refractivity contribution in [2.75, 3.05) is 14.1 Å². The van der Waals surface area contributed by atoms with Crippen LogP contribution in [0.5, 0.6) is 5.75 Å². The number of nitrogens with zero attached hydrogens (tertiary/aromatic N) is 3. The van der Waals surface area contributed by atoms with E-state index in [2.05, 4.69) is 51.7 Å². The zero-order chi connectivity index (χ0) is 18.3. The van der Waals surface area contributed by atoms with Crippen molar-refractivity contribution in [1.29, 1.82) is 0 Å². The number of hydrogen-bond donors (Lipinski definition) is 1. The fraction of sp³-hybridized carbons (Fsp3) is 0.579. The van der Waals surface area contributed by atoms with Crippen LogP contribution in [0.1, 0.15) is 58.6 Å². The predicted molar refractivity (Wildman–Crippen MR) is 103 cm³/mol. The zero-order valence-electron chi connectivity index (χ0n) is 16.5. The molecule has 0 spiro atoms. The Labute approximate surface area is 156 Å². The fourth-order valence-corrected chi connectivity index (χ4v) is 2.61. The first-order chi connectivity index (χ1) is 10.9. The fourth-order valence-electron chi connectivity index (χ4n) is 2.61. The molecule has 0 unspecified atom stereocenters. The monoisotopic (exact) mass is 367 g/mol. The Balaban J connectivity index is 0.00000312. The van der Waals surface area contributed by atoms with Gasteiger partial charge in [0.1, 0.15) is 5.75 Å². The van der Waals surface area contributed by atoms with Crippen LogP contribution in [0.4, 0.5) is 0 Å². The lowest BCUT2D eigenvalue weighted by Crippen LogP contribution is -2.17. The SMILES string of the molecule is CN(C)Cc1nc(-c2cc(C(C)(C)C)c(O)c(C(C)(C)C)c2)no1.Cl. The molecule has 25 heavy (non-hydrogen) atoms. The Morgan fingerprint density at radius 3 is 1.88 bits per heavy atom. The second kappa shape index (κ2) is 7.34. The van der Waals surface area contributed by atoms with Crippen LogP contribution in [0.25, 0.3) is 11.4 Å². The van der Waals surface area contributed by atoms with E-state index in [1.807, 2.05) is 31.1 Å². The molecule has 2 aromatic rings. The van der Waals surface area contributed by atoms with E-state index in [1.54, 1.807) is 0 Å². The van der Waals surface area contributed by atoms with Crippen molar-refractivity contribution in [2.24, 2.45) is 0 Å². The average molecular weight is 368 g/mol. The van der Waals surface area contributed by atoms with Gasteiger partial charge in [0.15, 0.2) is 0 Å². The van der Waals surface area contributed by atoms with E-state index in [0.29, 0.717) is 24.0 Å². The van der Waals surface area contributed by atoms with Crippen molar-refractivity contribution in [1.82, 2.24) is 15.0 Å². The van der Waals surface area contributed by atoms with Crippen molar-refractivity contribution in [2.45, 2.75) is 58.9 Å².